The van der Waals surface area contributed by atoms with E-state index in [1.807, 2.05) is 0 Å². The van der Waals surface area contributed by atoms with Crippen molar-refractivity contribution in [3.8, 4) is 0 Å². The van der Waals surface area contributed by atoms with Crippen molar-refractivity contribution in [1.82, 2.24) is 0 Å². The molecule has 0 spiro atoms. The van der Waals surface area contributed by atoms with Gasteiger partial charge in [0, 0.05) is 0 Å². The van der Waals surface area contributed by atoms with E-state index >= 15 is 0 Å². The van der Waals surface area contributed by atoms with Gasteiger partial charge >= 0.3 is 73.0 Å². The van der Waals surface area contributed by atoms with E-state index < -0.39 is 30.2 Å². The van der Waals surface area contributed by atoms with Crippen molar-refractivity contribution in [2.45, 2.75) is 0 Å². The third-order valence-electron chi connectivity index (χ3n) is 0. The fourth-order valence-corrected chi connectivity index (χ4v) is 0. The number of hydrogen-bond acceptors (Lipinski definition) is 4. The Bertz CT molecular complexity index is 87.7. The summed E-state index contributed by atoms with van der Waals surface area (Å²) in [5.74, 6) is 0. The summed E-state index contributed by atoms with van der Waals surface area (Å²) >= 11 is -3.58. The molecule has 0 aliphatic heterocycles. The first-order chi connectivity index (χ1) is 2.73. The fraction of sp³-hybridized carbons (Fsp3) is 0. The van der Waals surface area contributed by atoms with E-state index in [2.05, 4.69) is 0 Å². The van der Waals surface area contributed by atoms with Crippen LogP contribution < -0.4 is 0 Å². The third-order valence-corrected chi connectivity index (χ3v) is 0. The molecule has 0 aliphatic carbocycles. The van der Waals surface area contributed by atoms with Crippen LogP contribution >= 0.6 is 0 Å². The molecule has 0 rings (SSSR count). The van der Waals surface area contributed by atoms with Crippen LogP contribution in [0.4, 0.5) is 0 Å². The Kier molecular flexibility index (Phi) is 17.4. The van der Waals surface area contributed by atoms with Gasteiger partial charge in [-0.25, -0.2) is 0 Å². The molecule has 6 heavy (non-hydrogen) atoms. The van der Waals surface area contributed by atoms with Crippen LogP contribution in [0.2, 0.25) is 0 Å². The van der Waals surface area contributed by atoms with E-state index in [-0.39, 0.29) is 0 Å². The molecule has 37 valence electrons. The maximum absolute atomic E-state index is 8.64. The van der Waals surface area contributed by atoms with Gasteiger partial charge in [0.15, 0.2) is 0 Å². The molecular formula is DyLaO4. The standard InChI is InChI=1S/Dy.La.4O. The average Bonchev–Trinajstić information content (AvgIpc) is 1.41. The molecule has 0 amide bonds. The monoisotopic (exact) mass is 367 g/mol. The molecule has 0 heterocycles. The van der Waals surface area contributed by atoms with Gasteiger partial charge in [0.25, 0.3) is 0 Å². The minimum atomic E-state index is -4.47. The van der Waals surface area contributed by atoms with Crippen molar-refractivity contribution >= 4 is 0 Å². The normalized spacial score (nSPS) is 3.50. The van der Waals surface area contributed by atoms with Crippen LogP contribution in [0.25, 0.3) is 0 Å². The van der Waals surface area contributed by atoms with E-state index in [1.165, 1.54) is 0 Å². The Morgan fingerprint density at radius 2 is 1.00 bits per heavy atom. The summed E-state index contributed by atoms with van der Waals surface area (Å²) in [4.78, 5) is 0. The van der Waals surface area contributed by atoms with Gasteiger partial charge in [-0.2, -0.15) is 0 Å². The van der Waals surface area contributed by atoms with Gasteiger partial charge in [0.05, 0.1) is 0 Å². The van der Waals surface area contributed by atoms with Gasteiger partial charge < -0.3 is 0 Å². The van der Waals surface area contributed by atoms with Crippen molar-refractivity contribution < 1.29 is 73.0 Å². The summed E-state index contributed by atoms with van der Waals surface area (Å²) in [6.45, 7) is 0. The van der Waals surface area contributed by atoms with Crippen molar-refractivity contribution in [2.24, 2.45) is 0 Å². The van der Waals surface area contributed by atoms with Crippen LogP contribution in [-0.2, 0) is 6.47 Å². The van der Waals surface area contributed by atoms with Gasteiger partial charge in [-0.3, -0.25) is 0 Å². The summed E-state index contributed by atoms with van der Waals surface area (Å²) in [7, 11) is 0. The van der Waals surface area contributed by atoms with Gasteiger partial charge in [0.2, 0.25) is 0 Å². The Morgan fingerprint density at radius 1 is 1.00 bits per heavy atom. The second kappa shape index (κ2) is 9.83. The zero-order valence-electron chi connectivity index (χ0n) is 2.53. The molecule has 0 bridgehead atoms. The quantitative estimate of drug-likeness (QED) is 0.582. The van der Waals surface area contributed by atoms with E-state index in [9.17, 15) is 0 Å². The molecule has 0 aliphatic rings. The molecular weight excluding hydrogens is 365 g/mol. The van der Waals surface area contributed by atoms with Crippen molar-refractivity contribution in [1.29, 1.82) is 0 Å². The molecule has 0 atom stereocenters. The molecule has 0 aromatic heterocycles. The van der Waals surface area contributed by atoms with Crippen LogP contribution in [0.3, 0.4) is 0 Å². The molecule has 0 unspecified atom stereocenters. The van der Waals surface area contributed by atoms with Crippen molar-refractivity contribution in [3.63, 3.8) is 0 Å². The second-order valence-corrected chi connectivity index (χ2v) is 2.10. The summed E-state index contributed by atoms with van der Waals surface area (Å²) in [6.07, 6.45) is 0. The Hall–Kier alpha value is 1.67. The first kappa shape index (κ1) is 10.6. The van der Waals surface area contributed by atoms with Crippen molar-refractivity contribution in [3.05, 3.63) is 0 Å². The molecule has 0 aromatic carbocycles. The summed E-state index contributed by atoms with van der Waals surface area (Å²) in [6, 6.07) is 0. The zero-order valence-corrected chi connectivity index (χ0v) is 8.18. The van der Waals surface area contributed by atoms with Crippen LogP contribution in [0.1, 0.15) is 0 Å². The predicted octanol–water partition coefficient (Wildman–Crippen LogP) is -0.475. The van der Waals surface area contributed by atoms with Crippen LogP contribution in [-0.4, -0.2) is 0 Å². The molecule has 0 aromatic rings. The summed E-state index contributed by atoms with van der Waals surface area (Å²) in [5.41, 5.74) is 0. The predicted molar refractivity (Wildman–Crippen MR) is 2.75 cm³/mol. The van der Waals surface area contributed by atoms with E-state index in [0.717, 1.165) is 36.3 Å². The van der Waals surface area contributed by atoms with Gasteiger partial charge in [0.1, 0.15) is 0 Å². The molecule has 4 nitrogen and oxygen atoms in total. The Morgan fingerprint density at radius 3 is 1.00 bits per heavy atom. The van der Waals surface area contributed by atoms with Crippen LogP contribution in [0, 0.1) is 66.5 Å². The van der Waals surface area contributed by atoms with Gasteiger partial charge in [-0.1, -0.05) is 0 Å². The molecule has 0 saturated heterocycles. The SMILES string of the molecule is [O]=[Dy].[O]=[La](=[O])=[O]. The van der Waals surface area contributed by atoms with E-state index in [0.29, 0.717) is 0 Å². The molecule has 0 N–H and O–H groups in total. The molecule has 0 fully saturated rings. The molecule has 0 radical (unpaired) electrons. The van der Waals surface area contributed by atoms with Crippen molar-refractivity contribution in [2.75, 3.05) is 0 Å². The van der Waals surface area contributed by atoms with Crippen LogP contribution in [0.15, 0.2) is 0 Å². The fourth-order valence-electron chi connectivity index (χ4n) is 0. The molecule has 0 saturated carbocycles. The first-order valence-electron chi connectivity index (χ1n) is 0.836. The maximum atomic E-state index is 8.64. The van der Waals surface area contributed by atoms with Crippen LogP contribution in [0.5, 0.6) is 0 Å². The number of hydrogen-bond donors (Lipinski definition) is 0. The average molecular weight is 365 g/mol. The van der Waals surface area contributed by atoms with Gasteiger partial charge in [-0.05, 0) is 0 Å². The number of rotatable bonds is 0. The van der Waals surface area contributed by atoms with Gasteiger partial charge in [-0.15, -0.1) is 0 Å². The van der Waals surface area contributed by atoms with E-state index in [1.54, 1.807) is 0 Å². The second-order valence-electron chi connectivity index (χ2n) is 0.289. The summed E-state index contributed by atoms with van der Waals surface area (Å²) in [5, 5.41) is 0. The van der Waals surface area contributed by atoms with E-state index in [4.69, 9.17) is 6.47 Å². The summed E-state index contributed by atoms with van der Waals surface area (Å²) < 4.78 is 34.1. The Labute approximate surface area is 71.2 Å². The zero-order chi connectivity index (χ0) is 5.58. The third kappa shape index (κ3) is 44.4. The minimum absolute atomic E-state index is 0.889. The molecule has 6 heteroatoms. The Balaban J connectivity index is 0. The first-order valence-corrected chi connectivity index (χ1v) is 6.11. The topological polar surface area (TPSA) is 68.3 Å².